The second-order valence-electron chi connectivity index (χ2n) is 2.58. The summed E-state index contributed by atoms with van der Waals surface area (Å²) < 4.78 is 5.08. The number of hydrogen-bond donors (Lipinski definition) is 2. The molecule has 0 saturated carbocycles. The van der Waals surface area contributed by atoms with Gasteiger partial charge in [-0.25, -0.2) is 0 Å². The number of benzene rings is 1. The smallest absolute Gasteiger partial charge is 0.250 e. The minimum atomic E-state index is -0.580. The van der Waals surface area contributed by atoms with E-state index in [4.69, 9.17) is 27.2 Å². The fourth-order valence-electron chi connectivity index (χ4n) is 0.949. The standard InChI is InChI=1S/C9H10ClNO3/c10-8-5-6(14-4-3-12)1-2-7(8)9(11)13/h1-2,5,12H,3-4H2,(H2,11,13). The summed E-state index contributed by atoms with van der Waals surface area (Å²) in [6.45, 7) is 0.113. The molecule has 0 spiro atoms. The summed E-state index contributed by atoms with van der Waals surface area (Å²) in [5.74, 6) is -0.0854. The second kappa shape index (κ2) is 4.83. The number of carbonyl (C=O) groups excluding carboxylic acids is 1. The summed E-state index contributed by atoms with van der Waals surface area (Å²) >= 11 is 5.76. The lowest BCUT2D eigenvalue weighted by atomic mass is 10.2. The van der Waals surface area contributed by atoms with Crippen LogP contribution >= 0.6 is 11.6 Å². The maximum absolute atomic E-state index is 10.8. The Bertz CT molecular complexity index is 341. The van der Waals surface area contributed by atoms with Crippen LogP contribution in [0.2, 0.25) is 5.02 Å². The molecule has 0 atom stereocenters. The van der Waals surface area contributed by atoms with E-state index in [1.165, 1.54) is 12.1 Å². The van der Waals surface area contributed by atoms with Crippen molar-refractivity contribution in [2.24, 2.45) is 5.73 Å². The highest BCUT2D eigenvalue weighted by molar-refractivity contribution is 6.33. The van der Waals surface area contributed by atoms with E-state index >= 15 is 0 Å². The topological polar surface area (TPSA) is 72.6 Å². The molecule has 0 aromatic heterocycles. The number of aliphatic hydroxyl groups excluding tert-OH is 1. The zero-order valence-electron chi connectivity index (χ0n) is 7.37. The van der Waals surface area contributed by atoms with Crippen LogP contribution in [0.25, 0.3) is 0 Å². The number of aliphatic hydroxyl groups is 1. The fourth-order valence-corrected chi connectivity index (χ4v) is 1.21. The van der Waals surface area contributed by atoms with E-state index in [2.05, 4.69) is 0 Å². The molecule has 14 heavy (non-hydrogen) atoms. The zero-order chi connectivity index (χ0) is 10.6. The largest absolute Gasteiger partial charge is 0.491 e. The van der Waals surface area contributed by atoms with Crippen molar-refractivity contribution in [2.45, 2.75) is 0 Å². The molecule has 1 aromatic carbocycles. The molecule has 0 radical (unpaired) electrons. The van der Waals surface area contributed by atoms with Crippen LogP contribution in [0, 0.1) is 0 Å². The summed E-state index contributed by atoms with van der Waals surface area (Å²) in [6, 6.07) is 4.54. The van der Waals surface area contributed by atoms with Gasteiger partial charge in [0.15, 0.2) is 0 Å². The van der Waals surface area contributed by atoms with E-state index in [0.29, 0.717) is 5.75 Å². The van der Waals surface area contributed by atoms with Gasteiger partial charge in [0.25, 0.3) is 0 Å². The fraction of sp³-hybridized carbons (Fsp3) is 0.222. The minimum absolute atomic E-state index is 0.0742. The van der Waals surface area contributed by atoms with Crippen molar-refractivity contribution in [3.05, 3.63) is 28.8 Å². The van der Waals surface area contributed by atoms with Crippen molar-refractivity contribution < 1.29 is 14.6 Å². The van der Waals surface area contributed by atoms with Gasteiger partial charge in [0.1, 0.15) is 12.4 Å². The monoisotopic (exact) mass is 215 g/mol. The van der Waals surface area contributed by atoms with Gasteiger partial charge in [0.2, 0.25) is 5.91 Å². The SMILES string of the molecule is NC(=O)c1ccc(OCCO)cc1Cl. The van der Waals surface area contributed by atoms with Crippen LogP contribution in [0.1, 0.15) is 10.4 Å². The lowest BCUT2D eigenvalue weighted by Gasteiger charge is -2.05. The molecular weight excluding hydrogens is 206 g/mol. The zero-order valence-corrected chi connectivity index (χ0v) is 8.12. The van der Waals surface area contributed by atoms with Gasteiger partial charge in [0.05, 0.1) is 17.2 Å². The number of nitrogens with two attached hydrogens (primary N) is 1. The molecular formula is C9H10ClNO3. The summed E-state index contributed by atoms with van der Waals surface area (Å²) in [5, 5.41) is 8.75. The summed E-state index contributed by atoms with van der Waals surface area (Å²) in [7, 11) is 0. The predicted octanol–water partition coefficient (Wildman–Crippen LogP) is 0.810. The molecule has 0 aliphatic rings. The molecule has 0 unspecified atom stereocenters. The summed E-state index contributed by atoms with van der Waals surface area (Å²) in [6.07, 6.45) is 0. The lowest BCUT2D eigenvalue weighted by molar-refractivity contribution is 0.100. The lowest BCUT2D eigenvalue weighted by Crippen LogP contribution is -2.11. The normalized spacial score (nSPS) is 9.86. The Morgan fingerprint density at radius 1 is 1.57 bits per heavy atom. The highest BCUT2D eigenvalue weighted by Crippen LogP contribution is 2.21. The van der Waals surface area contributed by atoms with Gasteiger partial charge in [-0.05, 0) is 18.2 Å². The van der Waals surface area contributed by atoms with Crippen LogP contribution in [-0.4, -0.2) is 24.2 Å². The Labute approximate surface area is 86.2 Å². The number of hydrogen-bond acceptors (Lipinski definition) is 3. The molecule has 5 heteroatoms. The van der Waals surface area contributed by atoms with Gasteiger partial charge in [-0.2, -0.15) is 0 Å². The van der Waals surface area contributed by atoms with Crippen molar-refractivity contribution >= 4 is 17.5 Å². The molecule has 0 bridgehead atoms. The van der Waals surface area contributed by atoms with Gasteiger partial charge >= 0.3 is 0 Å². The maximum Gasteiger partial charge on any atom is 0.250 e. The molecule has 0 aliphatic heterocycles. The summed E-state index contributed by atoms with van der Waals surface area (Å²) in [4.78, 5) is 10.8. The number of carbonyl (C=O) groups is 1. The average Bonchev–Trinajstić information content (AvgIpc) is 2.14. The maximum atomic E-state index is 10.8. The van der Waals surface area contributed by atoms with E-state index in [-0.39, 0.29) is 23.8 Å². The van der Waals surface area contributed by atoms with Crippen molar-refractivity contribution in [3.8, 4) is 5.75 Å². The Morgan fingerprint density at radius 2 is 2.29 bits per heavy atom. The van der Waals surface area contributed by atoms with E-state index in [1.807, 2.05) is 0 Å². The average molecular weight is 216 g/mol. The number of amides is 1. The first-order chi connectivity index (χ1) is 6.65. The predicted molar refractivity (Wildman–Crippen MR) is 52.6 cm³/mol. The third-order valence-electron chi connectivity index (χ3n) is 1.57. The van der Waals surface area contributed by atoms with Gasteiger partial charge in [0, 0.05) is 0 Å². The van der Waals surface area contributed by atoms with Gasteiger partial charge in [-0.3, -0.25) is 4.79 Å². The van der Waals surface area contributed by atoms with E-state index in [9.17, 15) is 4.79 Å². The van der Waals surface area contributed by atoms with Crippen LogP contribution in [0.3, 0.4) is 0 Å². The van der Waals surface area contributed by atoms with Crippen molar-refractivity contribution in [2.75, 3.05) is 13.2 Å². The number of primary amides is 1. The first-order valence-electron chi connectivity index (χ1n) is 3.98. The molecule has 0 aliphatic carbocycles. The Hall–Kier alpha value is -1.26. The van der Waals surface area contributed by atoms with Gasteiger partial charge in [-0.15, -0.1) is 0 Å². The molecule has 1 amide bonds. The van der Waals surface area contributed by atoms with Crippen molar-refractivity contribution in [3.63, 3.8) is 0 Å². The van der Waals surface area contributed by atoms with Crippen LogP contribution in [0.4, 0.5) is 0 Å². The molecule has 1 rings (SSSR count). The molecule has 0 saturated heterocycles. The van der Waals surface area contributed by atoms with Crippen LogP contribution < -0.4 is 10.5 Å². The molecule has 3 N–H and O–H groups in total. The Kier molecular flexibility index (Phi) is 3.73. The van der Waals surface area contributed by atoms with Gasteiger partial charge in [-0.1, -0.05) is 11.6 Å². The van der Waals surface area contributed by atoms with Crippen LogP contribution in [0.15, 0.2) is 18.2 Å². The third-order valence-corrected chi connectivity index (χ3v) is 1.88. The highest BCUT2D eigenvalue weighted by atomic mass is 35.5. The third kappa shape index (κ3) is 2.61. The van der Waals surface area contributed by atoms with E-state index < -0.39 is 5.91 Å². The summed E-state index contributed by atoms with van der Waals surface area (Å²) in [5.41, 5.74) is 5.31. The molecule has 4 nitrogen and oxygen atoms in total. The van der Waals surface area contributed by atoms with Crippen molar-refractivity contribution in [1.29, 1.82) is 0 Å². The first-order valence-corrected chi connectivity index (χ1v) is 4.36. The first kappa shape index (κ1) is 10.8. The van der Waals surface area contributed by atoms with E-state index in [0.717, 1.165) is 0 Å². The Balaban J connectivity index is 2.83. The molecule has 0 heterocycles. The second-order valence-corrected chi connectivity index (χ2v) is 2.99. The number of halogens is 1. The van der Waals surface area contributed by atoms with Crippen molar-refractivity contribution in [1.82, 2.24) is 0 Å². The van der Waals surface area contributed by atoms with E-state index in [1.54, 1.807) is 6.07 Å². The van der Waals surface area contributed by atoms with Crippen LogP contribution in [0.5, 0.6) is 5.75 Å². The molecule has 0 fully saturated rings. The molecule has 1 aromatic rings. The Morgan fingerprint density at radius 3 is 2.79 bits per heavy atom. The minimum Gasteiger partial charge on any atom is -0.491 e. The van der Waals surface area contributed by atoms with Gasteiger partial charge < -0.3 is 15.6 Å². The number of ether oxygens (including phenoxy) is 1. The van der Waals surface area contributed by atoms with Crippen LogP contribution in [-0.2, 0) is 0 Å². The molecule has 76 valence electrons. The quantitative estimate of drug-likeness (QED) is 0.781. The number of rotatable bonds is 4. The highest BCUT2D eigenvalue weighted by Gasteiger charge is 2.07.